The van der Waals surface area contributed by atoms with Gasteiger partial charge in [0.2, 0.25) is 0 Å². The van der Waals surface area contributed by atoms with Crippen LogP contribution in [0, 0.1) is 17.8 Å². The molecule has 19 heteroatoms. The summed E-state index contributed by atoms with van der Waals surface area (Å²) >= 11 is 0. The zero-order valence-electron chi connectivity index (χ0n) is 72.0. The van der Waals surface area contributed by atoms with Crippen LogP contribution in [-0.2, 0) is 65.4 Å². The van der Waals surface area contributed by atoms with Gasteiger partial charge in [-0.3, -0.25) is 37.3 Å². The van der Waals surface area contributed by atoms with Crippen molar-refractivity contribution in [2.24, 2.45) is 17.8 Å². The molecule has 0 heterocycles. The zero-order chi connectivity index (χ0) is 80.0. The second-order valence-electron chi connectivity index (χ2n) is 33.5. The SMILES string of the molecule is CCCCCCCCCCCCCCCCCCCCCC(=O)OC[C@H](COP(=O)(O)OC[C@@H](O)COP(=O)(O)OC[C@@H](COC(=O)CCCCCCCCCCC(C)CC)OC(=O)CCCCCCCCCCCCCCCCC(C)C)OC(=O)CCCCCCCCCCCCCCCCCCCCC(C)C. The molecule has 3 N–H and O–H groups in total. The summed E-state index contributed by atoms with van der Waals surface area (Å²) in [4.78, 5) is 73.4. The van der Waals surface area contributed by atoms with E-state index in [1.165, 1.54) is 289 Å². The molecule has 0 fully saturated rings. The van der Waals surface area contributed by atoms with Gasteiger partial charge in [0.05, 0.1) is 26.4 Å². The van der Waals surface area contributed by atoms with Crippen LogP contribution in [0.3, 0.4) is 0 Å². The summed E-state index contributed by atoms with van der Waals surface area (Å²) in [5.74, 6) is 0.293. The number of aliphatic hydroxyl groups excluding tert-OH is 1. The lowest BCUT2D eigenvalue weighted by molar-refractivity contribution is -0.161. The van der Waals surface area contributed by atoms with Crippen molar-refractivity contribution in [3.63, 3.8) is 0 Å². The van der Waals surface area contributed by atoms with E-state index in [9.17, 15) is 43.2 Å². The Morgan fingerprint density at radius 1 is 0.266 bits per heavy atom. The van der Waals surface area contributed by atoms with Gasteiger partial charge in [-0.2, -0.15) is 0 Å². The number of ether oxygens (including phenoxy) is 4. The lowest BCUT2D eigenvalue weighted by Gasteiger charge is -2.21. The summed E-state index contributed by atoms with van der Waals surface area (Å²) in [5, 5.41) is 10.7. The van der Waals surface area contributed by atoms with E-state index in [1.807, 2.05) is 0 Å². The Hall–Kier alpha value is -1.94. The van der Waals surface area contributed by atoms with Gasteiger partial charge < -0.3 is 33.8 Å². The number of unbranched alkanes of at least 4 members (excludes halogenated alkanes) is 55. The van der Waals surface area contributed by atoms with Crippen LogP contribution in [0.5, 0.6) is 0 Å². The van der Waals surface area contributed by atoms with Crippen molar-refractivity contribution < 1.29 is 80.2 Å². The average molecular weight is 1590 g/mol. The number of esters is 4. The Labute approximate surface area is 670 Å². The Balaban J connectivity index is 5.26. The van der Waals surface area contributed by atoms with E-state index < -0.39 is 97.5 Å². The third-order valence-corrected chi connectivity index (χ3v) is 23.4. The molecule has 0 aromatic carbocycles. The molecule has 0 aromatic rings. The van der Waals surface area contributed by atoms with E-state index in [0.717, 1.165) is 108 Å². The fourth-order valence-electron chi connectivity index (χ4n) is 14.0. The van der Waals surface area contributed by atoms with Crippen LogP contribution >= 0.6 is 15.6 Å². The Morgan fingerprint density at radius 3 is 0.697 bits per heavy atom. The molecule has 0 aliphatic carbocycles. The predicted molar refractivity (Wildman–Crippen MR) is 451 cm³/mol. The first-order valence-corrected chi connectivity index (χ1v) is 49.4. The van der Waals surface area contributed by atoms with Crippen LogP contribution in [0.2, 0.25) is 0 Å². The third kappa shape index (κ3) is 82.4. The summed E-state index contributed by atoms with van der Waals surface area (Å²) in [6.45, 7) is 12.1. The molecule has 0 saturated carbocycles. The molecule has 6 atom stereocenters. The minimum Gasteiger partial charge on any atom is -0.462 e. The number of rotatable bonds is 88. The number of carbonyl (C=O) groups excluding carboxylic acids is 4. The highest BCUT2D eigenvalue weighted by atomic mass is 31.2. The monoisotopic (exact) mass is 1590 g/mol. The van der Waals surface area contributed by atoms with Crippen molar-refractivity contribution in [1.29, 1.82) is 0 Å². The van der Waals surface area contributed by atoms with Gasteiger partial charge in [-0.15, -0.1) is 0 Å². The van der Waals surface area contributed by atoms with Gasteiger partial charge in [0, 0.05) is 25.7 Å². The molecule has 0 bridgehead atoms. The van der Waals surface area contributed by atoms with Crippen molar-refractivity contribution >= 4 is 39.5 Å². The Bertz CT molecular complexity index is 2100. The topological polar surface area (TPSA) is 237 Å². The first-order valence-electron chi connectivity index (χ1n) is 46.4. The highest BCUT2D eigenvalue weighted by molar-refractivity contribution is 7.47. The highest BCUT2D eigenvalue weighted by Crippen LogP contribution is 2.45. The Morgan fingerprint density at radius 2 is 0.468 bits per heavy atom. The molecule has 3 unspecified atom stereocenters. The molecular formula is C90H176O17P2. The average Bonchev–Trinajstić information content (AvgIpc) is 0.897. The van der Waals surface area contributed by atoms with E-state index in [-0.39, 0.29) is 25.7 Å². The quantitative estimate of drug-likeness (QED) is 0.0222. The maximum absolute atomic E-state index is 13.2. The van der Waals surface area contributed by atoms with Crippen LogP contribution in [0.15, 0.2) is 0 Å². The van der Waals surface area contributed by atoms with Gasteiger partial charge in [0.25, 0.3) is 0 Å². The van der Waals surface area contributed by atoms with Crippen molar-refractivity contribution in [3.8, 4) is 0 Å². The van der Waals surface area contributed by atoms with Crippen molar-refractivity contribution in [2.75, 3.05) is 39.6 Å². The van der Waals surface area contributed by atoms with Gasteiger partial charge in [-0.25, -0.2) is 9.13 Å². The van der Waals surface area contributed by atoms with Crippen LogP contribution in [0.4, 0.5) is 0 Å². The minimum absolute atomic E-state index is 0.107. The van der Waals surface area contributed by atoms with Gasteiger partial charge in [-0.1, -0.05) is 427 Å². The fourth-order valence-corrected chi connectivity index (χ4v) is 15.6. The van der Waals surface area contributed by atoms with Crippen molar-refractivity contribution in [2.45, 2.75) is 497 Å². The molecule has 648 valence electrons. The fraction of sp³-hybridized carbons (Fsp3) is 0.956. The van der Waals surface area contributed by atoms with Crippen molar-refractivity contribution in [3.05, 3.63) is 0 Å². The molecule has 0 aromatic heterocycles. The van der Waals surface area contributed by atoms with Crippen LogP contribution in [-0.4, -0.2) is 96.7 Å². The Kier molecular flexibility index (Phi) is 78.5. The molecule has 0 aliphatic heterocycles. The smallest absolute Gasteiger partial charge is 0.462 e. The molecule has 109 heavy (non-hydrogen) atoms. The molecule has 0 amide bonds. The second kappa shape index (κ2) is 79.9. The van der Waals surface area contributed by atoms with Gasteiger partial charge in [-0.05, 0) is 43.4 Å². The highest BCUT2D eigenvalue weighted by Gasteiger charge is 2.31. The summed E-state index contributed by atoms with van der Waals surface area (Å²) in [6, 6.07) is 0. The van der Waals surface area contributed by atoms with E-state index in [2.05, 4.69) is 48.5 Å². The minimum atomic E-state index is -4.97. The van der Waals surface area contributed by atoms with E-state index in [1.54, 1.807) is 0 Å². The number of phosphoric ester groups is 2. The molecule has 0 radical (unpaired) electrons. The number of aliphatic hydroxyl groups is 1. The maximum Gasteiger partial charge on any atom is 0.472 e. The molecular weight excluding hydrogens is 1410 g/mol. The third-order valence-electron chi connectivity index (χ3n) is 21.5. The summed E-state index contributed by atoms with van der Waals surface area (Å²) < 4.78 is 69.1. The lowest BCUT2D eigenvalue weighted by atomic mass is 9.99. The molecule has 0 aliphatic rings. The lowest BCUT2D eigenvalue weighted by Crippen LogP contribution is -2.30. The summed E-state index contributed by atoms with van der Waals surface area (Å²) in [6.07, 6.45) is 72.2. The number of hydrogen-bond acceptors (Lipinski definition) is 15. The zero-order valence-corrected chi connectivity index (χ0v) is 73.8. The normalized spacial score (nSPS) is 14.1. The van der Waals surface area contributed by atoms with E-state index >= 15 is 0 Å². The van der Waals surface area contributed by atoms with Gasteiger partial charge in [0.15, 0.2) is 12.2 Å². The summed E-state index contributed by atoms with van der Waals surface area (Å²) in [7, 11) is -9.94. The van der Waals surface area contributed by atoms with Crippen LogP contribution in [0.25, 0.3) is 0 Å². The predicted octanol–water partition coefficient (Wildman–Crippen LogP) is 27.6. The number of phosphoric acid groups is 2. The second-order valence-corrected chi connectivity index (χ2v) is 36.4. The van der Waals surface area contributed by atoms with Gasteiger partial charge >= 0.3 is 39.5 Å². The molecule has 0 rings (SSSR count). The van der Waals surface area contributed by atoms with Crippen molar-refractivity contribution in [1.82, 2.24) is 0 Å². The first kappa shape index (κ1) is 107. The van der Waals surface area contributed by atoms with E-state index in [4.69, 9.17) is 37.0 Å². The molecule has 0 saturated heterocycles. The first-order chi connectivity index (χ1) is 52.8. The van der Waals surface area contributed by atoms with Crippen LogP contribution < -0.4 is 0 Å². The number of hydrogen-bond donors (Lipinski definition) is 3. The molecule has 0 spiro atoms. The van der Waals surface area contributed by atoms with Crippen LogP contribution in [0.1, 0.15) is 479 Å². The standard InChI is InChI=1S/C90H176O17P2/c1-8-10-11-12-13-14-15-16-17-18-19-23-26-32-37-42-50-57-64-71-87(92)100-77-85(106-89(94)73-66-59-52-43-38-33-27-24-21-20-22-25-30-35-40-47-54-61-68-81(3)4)79-104-108(96,97)102-75-84(91)76-103-109(98,99)105-80-86(78-101-88(93)72-65-58-51-46-45-49-56-63-70-83(7)9-2)107-90(95)74-67-60-53-44-39-34-29-28-31-36-41-48-55-62-69-82(5)6/h81-86,91H,8-80H2,1-7H3,(H,96,97)(H,98,99)/t83?,84-,85-,86-/m1/s1. The van der Waals surface area contributed by atoms with E-state index in [0.29, 0.717) is 25.7 Å². The number of carbonyl (C=O) groups is 4. The largest absolute Gasteiger partial charge is 0.472 e. The molecule has 17 nitrogen and oxygen atoms in total. The summed E-state index contributed by atoms with van der Waals surface area (Å²) in [5.41, 5.74) is 0. The maximum atomic E-state index is 13.2. The van der Waals surface area contributed by atoms with Gasteiger partial charge in [0.1, 0.15) is 19.3 Å².